The molecule has 0 aliphatic heterocycles. The molecule has 0 aliphatic carbocycles. The van der Waals surface area contributed by atoms with Crippen molar-refractivity contribution in [2.75, 3.05) is 0 Å². The van der Waals surface area contributed by atoms with Crippen molar-refractivity contribution in [2.24, 2.45) is 0 Å². The molecule has 0 fully saturated rings. The molecule has 0 unspecified atom stereocenters. The van der Waals surface area contributed by atoms with E-state index >= 15 is 0 Å². The van der Waals surface area contributed by atoms with E-state index in [0.717, 1.165) is 55.3 Å². The number of benzene rings is 7. The van der Waals surface area contributed by atoms with Crippen LogP contribution in [0.4, 0.5) is 4.39 Å². The molecule has 62 heavy (non-hydrogen) atoms. The number of imidazole rings is 1. The number of aromatic nitrogens is 3. The quantitative estimate of drug-likeness (QED) is 0.123. The molecule has 7 heteroatoms. The summed E-state index contributed by atoms with van der Waals surface area (Å²) >= 11 is -2.51. The minimum atomic E-state index is -2.51. The second-order valence-electron chi connectivity index (χ2n) is 17.0. The van der Waals surface area contributed by atoms with Gasteiger partial charge in [-0.2, -0.15) is 0 Å². The van der Waals surface area contributed by atoms with E-state index in [0.29, 0.717) is 21.4 Å². The fourth-order valence-electron chi connectivity index (χ4n) is 7.46. The summed E-state index contributed by atoms with van der Waals surface area (Å²) < 4.78 is 70.7. The molecule has 10 rings (SSSR count). The Labute approximate surface area is 387 Å². The Balaban J connectivity index is 0.000000230. The van der Waals surface area contributed by atoms with E-state index in [1.54, 1.807) is 6.07 Å². The van der Waals surface area contributed by atoms with Gasteiger partial charge in [0, 0.05) is 42.7 Å². The van der Waals surface area contributed by atoms with Crippen LogP contribution >= 0.6 is 0 Å². The molecule has 0 aliphatic rings. The maximum atomic E-state index is 14.3. The van der Waals surface area contributed by atoms with Gasteiger partial charge in [0.2, 0.25) is 0 Å². The van der Waals surface area contributed by atoms with Crippen molar-refractivity contribution >= 4 is 50.6 Å². The zero-order chi connectivity index (χ0) is 47.5. The van der Waals surface area contributed by atoms with Crippen LogP contribution < -0.4 is 4.40 Å². The number of hydrogen-bond donors (Lipinski definition) is 0. The third-order valence-corrected chi connectivity index (χ3v) is 14.3. The number of hydrogen-bond acceptors (Lipinski definition) is 3. The van der Waals surface area contributed by atoms with E-state index in [-0.39, 0.29) is 79.0 Å². The van der Waals surface area contributed by atoms with Crippen LogP contribution in [0.2, 0.25) is 17.3 Å². The van der Waals surface area contributed by atoms with E-state index in [1.165, 1.54) is 23.8 Å². The van der Waals surface area contributed by atoms with Gasteiger partial charge in [-0.3, -0.25) is 4.98 Å². The van der Waals surface area contributed by atoms with Gasteiger partial charge >= 0.3 is 108 Å². The van der Waals surface area contributed by atoms with Gasteiger partial charge in [0.15, 0.2) is 0 Å². The van der Waals surface area contributed by atoms with Crippen molar-refractivity contribution in [2.45, 2.75) is 43.5 Å². The van der Waals surface area contributed by atoms with Crippen LogP contribution in [0.5, 0.6) is 0 Å². The summed E-state index contributed by atoms with van der Waals surface area (Å²) in [7, 11) is 0. The Morgan fingerprint density at radius 3 is 2.08 bits per heavy atom. The van der Waals surface area contributed by atoms with Crippen molar-refractivity contribution in [1.82, 2.24) is 14.5 Å². The van der Waals surface area contributed by atoms with Crippen LogP contribution in [0.3, 0.4) is 0 Å². The van der Waals surface area contributed by atoms with Crippen LogP contribution in [-0.2, 0) is 25.5 Å². The van der Waals surface area contributed by atoms with Crippen molar-refractivity contribution in [3.05, 3.63) is 193 Å². The molecule has 0 saturated carbocycles. The number of furan rings is 1. The average Bonchev–Trinajstić information content (AvgIpc) is 3.87. The summed E-state index contributed by atoms with van der Waals surface area (Å²) in [5.41, 5.74) is 10.6. The molecule has 0 amide bonds. The van der Waals surface area contributed by atoms with E-state index in [4.69, 9.17) is 17.6 Å². The van der Waals surface area contributed by atoms with Crippen molar-refractivity contribution in [3.63, 3.8) is 0 Å². The summed E-state index contributed by atoms with van der Waals surface area (Å²) in [5, 5.41) is 1.75. The molecule has 3 heterocycles. The Bertz CT molecular complexity index is 3450. The minimum Gasteiger partial charge on any atom is 0 e. The molecule has 0 spiro atoms. The predicted octanol–water partition coefficient (Wildman–Crippen LogP) is 14.3. The average molecular weight is 1050 g/mol. The molecule has 0 bridgehead atoms. The topological polar surface area (TPSA) is 43.9 Å². The number of pyridine rings is 1. The zero-order valence-electron chi connectivity index (χ0n) is 41.2. The van der Waals surface area contributed by atoms with Gasteiger partial charge in [0.25, 0.3) is 0 Å². The molecule has 0 N–H and O–H groups in total. The van der Waals surface area contributed by atoms with Crippen LogP contribution in [0.15, 0.2) is 174 Å². The Morgan fingerprint density at radius 2 is 1.42 bits per heavy atom. The van der Waals surface area contributed by atoms with Gasteiger partial charge in [-0.25, -0.2) is 4.39 Å². The van der Waals surface area contributed by atoms with Crippen molar-refractivity contribution < 1.29 is 37.1 Å². The number of para-hydroxylation sites is 2. The molecule has 7 aromatic carbocycles. The molecular weight excluding hydrogens is 1000 g/mol. The number of rotatable bonds is 6. The first-order valence-corrected chi connectivity index (χ1v) is 27.5. The normalized spacial score (nSPS) is 13.0. The van der Waals surface area contributed by atoms with Crippen LogP contribution in [-0.4, -0.2) is 27.8 Å². The molecule has 4 nitrogen and oxygen atoms in total. The van der Waals surface area contributed by atoms with E-state index in [1.807, 2.05) is 59.7 Å². The monoisotopic (exact) mass is 1060 g/mol. The van der Waals surface area contributed by atoms with E-state index < -0.39 is 13.3 Å². The molecule has 309 valence electrons. The van der Waals surface area contributed by atoms with Gasteiger partial charge < -0.3 is 8.98 Å². The third-order valence-electron chi connectivity index (χ3n) is 10.7. The molecule has 3 aromatic heterocycles. The van der Waals surface area contributed by atoms with Crippen LogP contribution in [0.1, 0.15) is 34.6 Å². The molecule has 0 saturated heterocycles. The summed E-state index contributed by atoms with van der Waals surface area (Å²) in [6, 6.07) is 49.1. The smallest absolute Gasteiger partial charge is 0 e. The number of fused-ring (bicyclic) bond motifs is 4. The Hall–Kier alpha value is -5.92. The maximum Gasteiger partial charge on any atom is 0 e. The fraction of sp³-hybridized carbons (Fsp3) is 0.127. The summed E-state index contributed by atoms with van der Waals surface area (Å²) in [5.74, 6) is 6.49. The fourth-order valence-corrected chi connectivity index (χ4v) is 9.20. The molecule has 0 atom stereocenters. The SMILES string of the molecule is CC(C)(C)c1cc(-c2ccccc2)c(-n2c(-c3[c-]ccc4c3oc3cc(F)ccc34)nc3ccccc32)c(-c2ccccc2)c1.[2H]c1[c-]c(-c2nc([2H])[c]([Ge]([CH3])([CH3])[CH3])c([2H])c2[2H])cc([2H])c1[2H].[Ir]. The molecular formula is C55H46FGeIrN3O-2. The predicted molar refractivity (Wildman–Crippen MR) is 254 cm³/mol. The third kappa shape index (κ3) is 8.48. The van der Waals surface area contributed by atoms with Gasteiger partial charge in [-0.05, 0) is 58.5 Å². The summed E-state index contributed by atoms with van der Waals surface area (Å²) in [6.07, 6.45) is -0.00934. The van der Waals surface area contributed by atoms with Crippen molar-refractivity contribution in [1.29, 1.82) is 0 Å². The summed E-state index contributed by atoms with van der Waals surface area (Å²) in [6.45, 7) is 6.76. The van der Waals surface area contributed by atoms with Crippen LogP contribution in [0, 0.1) is 17.9 Å². The number of halogens is 1. The van der Waals surface area contributed by atoms with E-state index in [2.05, 4.69) is 109 Å². The van der Waals surface area contributed by atoms with Gasteiger partial charge in [-0.1, -0.05) is 105 Å². The first kappa shape index (κ1) is 35.7. The first-order valence-electron chi connectivity index (χ1n) is 23.2. The van der Waals surface area contributed by atoms with Gasteiger partial charge in [-0.15, -0.1) is 18.2 Å². The standard InChI is InChI=1S/C41H30FN2O.C14H16GeN.Ir/c1-41(2,3)28-23-33(26-13-6-4-7-14-26)38(34(24-28)27-15-8-5-9-16-27)44-36-20-11-10-19-35(36)43-40(44)32-18-12-17-31-30-22-21-29(42)25-37(30)45-39(31)32;1-15(2,3)13-9-10-14(16-11-13)12-7-5-4-6-8-12;/h4-17,19-25H,1-3H3;4-7,9-11H,1-3H3;/q2*-1;/i;4D,5D,6D,9D,10D,11D;. The number of nitrogens with zero attached hydrogens (tertiary/aromatic N) is 3. The van der Waals surface area contributed by atoms with Gasteiger partial charge in [0.1, 0.15) is 11.4 Å². The zero-order valence-corrected chi connectivity index (χ0v) is 39.7. The Kier molecular flexibility index (Phi) is 10.0. The minimum absolute atomic E-state index is 0. The second-order valence-corrected chi connectivity index (χ2v) is 27.5. The van der Waals surface area contributed by atoms with Crippen LogP contribution in [0.25, 0.3) is 83.6 Å². The first-order chi connectivity index (χ1) is 31.9. The van der Waals surface area contributed by atoms with Crippen molar-refractivity contribution in [3.8, 4) is 50.6 Å². The second kappa shape index (κ2) is 17.5. The maximum absolute atomic E-state index is 14.3. The molecule has 10 aromatic rings. The van der Waals surface area contributed by atoms with E-state index in [9.17, 15) is 4.39 Å². The molecule has 1 radical (unpaired) electrons. The largest absolute Gasteiger partial charge is 0 e. The van der Waals surface area contributed by atoms with Gasteiger partial charge in [0.05, 0.1) is 28.1 Å². The summed E-state index contributed by atoms with van der Waals surface area (Å²) in [4.78, 5) is 9.36. The Morgan fingerprint density at radius 1 is 0.742 bits per heavy atom.